The number of rotatable bonds is 9. The third-order valence-electron chi connectivity index (χ3n) is 12.9. The highest BCUT2D eigenvalue weighted by atomic mass is 16.7. The number of aliphatic hydroxyl groups is 3. The first-order valence-electron chi connectivity index (χ1n) is 16.8. The van der Waals surface area contributed by atoms with E-state index < -0.39 is 24.6 Å². The fraction of sp³-hybridized carbons (Fsp3) is 0.941. The van der Waals surface area contributed by atoms with Crippen LogP contribution in [-0.2, 0) is 23.8 Å². The zero-order valence-corrected chi connectivity index (χ0v) is 26.5. The summed E-state index contributed by atoms with van der Waals surface area (Å²) in [6, 6.07) is 0. The standard InChI is InChI=1S/C34H56O8/c1-19(17-40-21(3)35)7-6-8-20(2)24-9-10-25-23-16-28(36)27-15-22(42-32-31(39)30(38)29(37)18-41-32)11-13-34(27,5)26(23)12-14-33(24,25)4/h19-20,22-27,29-32,37-39H,6-18H2,1-5H3/t19?,20-,22+,23+,24-,25+,26+,27-,29-,30+,31-,32+,33-,34-/m1/s1. The Morgan fingerprint density at radius 2 is 1.71 bits per heavy atom. The summed E-state index contributed by atoms with van der Waals surface area (Å²) in [5.41, 5.74) is 0.276. The summed E-state index contributed by atoms with van der Waals surface area (Å²) < 4.78 is 16.8. The molecule has 0 amide bonds. The van der Waals surface area contributed by atoms with Crippen LogP contribution < -0.4 is 0 Å². The van der Waals surface area contributed by atoms with E-state index in [1.807, 2.05) is 0 Å². The molecule has 0 bridgehead atoms. The van der Waals surface area contributed by atoms with E-state index in [0.29, 0.717) is 66.2 Å². The van der Waals surface area contributed by atoms with Crippen LogP contribution in [0.4, 0.5) is 0 Å². The molecule has 3 N–H and O–H groups in total. The molecule has 8 heteroatoms. The van der Waals surface area contributed by atoms with Crippen LogP contribution in [0.2, 0.25) is 0 Å². The Bertz CT molecular complexity index is 971. The van der Waals surface area contributed by atoms with Gasteiger partial charge in [0.2, 0.25) is 0 Å². The van der Waals surface area contributed by atoms with Gasteiger partial charge in [0, 0.05) is 19.3 Å². The maximum Gasteiger partial charge on any atom is 0.302 e. The number of esters is 1. The highest BCUT2D eigenvalue weighted by Gasteiger charge is 2.62. The van der Waals surface area contributed by atoms with Gasteiger partial charge in [-0.3, -0.25) is 9.59 Å². The van der Waals surface area contributed by atoms with Crippen molar-refractivity contribution < 1.29 is 39.1 Å². The maximum absolute atomic E-state index is 13.9. The van der Waals surface area contributed by atoms with Crippen molar-refractivity contribution in [3.63, 3.8) is 0 Å². The average molecular weight is 593 g/mol. The Labute approximate surface area is 252 Å². The van der Waals surface area contributed by atoms with Crippen LogP contribution in [-0.4, -0.2) is 71.0 Å². The van der Waals surface area contributed by atoms with Crippen molar-refractivity contribution in [3.05, 3.63) is 0 Å². The van der Waals surface area contributed by atoms with Crippen molar-refractivity contribution in [1.29, 1.82) is 0 Å². The van der Waals surface area contributed by atoms with E-state index in [-0.39, 0.29) is 30.0 Å². The number of fused-ring (bicyclic) bond motifs is 5. The first-order valence-corrected chi connectivity index (χ1v) is 16.8. The van der Waals surface area contributed by atoms with E-state index in [9.17, 15) is 24.9 Å². The second-order valence-corrected chi connectivity index (χ2v) is 15.4. The molecule has 0 aromatic rings. The van der Waals surface area contributed by atoms with Crippen LogP contribution in [0.3, 0.4) is 0 Å². The molecule has 1 unspecified atom stereocenters. The minimum atomic E-state index is -1.30. The molecule has 4 saturated carbocycles. The normalized spacial score (nSPS) is 46.7. The quantitative estimate of drug-likeness (QED) is 0.261. The van der Waals surface area contributed by atoms with Gasteiger partial charge in [-0.1, -0.05) is 40.5 Å². The third-order valence-corrected chi connectivity index (χ3v) is 12.9. The molecular formula is C34H56O8. The molecule has 5 rings (SSSR count). The van der Waals surface area contributed by atoms with Crippen LogP contribution >= 0.6 is 0 Å². The number of carbonyl (C=O) groups excluding carboxylic acids is 2. The molecular weight excluding hydrogens is 536 g/mol. The second kappa shape index (κ2) is 12.7. The number of ketones is 1. The van der Waals surface area contributed by atoms with E-state index in [1.165, 1.54) is 39.0 Å². The number of aliphatic hydroxyl groups excluding tert-OH is 3. The minimum Gasteiger partial charge on any atom is -0.466 e. The second-order valence-electron chi connectivity index (χ2n) is 15.4. The first kappa shape index (κ1) is 32.3. The Kier molecular flexibility index (Phi) is 9.81. The Morgan fingerprint density at radius 1 is 1.00 bits per heavy atom. The zero-order chi connectivity index (χ0) is 30.4. The SMILES string of the molecule is CC(=O)OCC(C)CCC[C@@H](C)[C@H]1CC[C@H]2[C@@H]3CC(=O)[C@H]4C[C@@H](O[C@@H]5OC[C@@H](O)[C@H](O)[C@H]5O)CC[C@]4(C)[C@H]3CC[C@]12C. The van der Waals surface area contributed by atoms with Crippen molar-refractivity contribution in [2.45, 2.75) is 136 Å². The van der Waals surface area contributed by atoms with E-state index in [4.69, 9.17) is 14.2 Å². The minimum absolute atomic E-state index is 0.0231. The number of hydrogen-bond acceptors (Lipinski definition) is 8. The third kappa shape index (κ3) is 6.09. The molecule has 5 aliphatic rings. The number of Topliss-reactive ketones (excluding diaryl/α,β-unsaturated/α-hetero) is 1. The lowest BCUT2D eigenvalue weighted by Crippen LogP contribution is -2.58. The molecule has 4 aliphatic carbocycles. The monoisotopic (exact) mass is 592 g/mol. The molecule has 0 spiro atoms. The summed E-state index contributed by atoms with van der Waals surface area (Å²) in [6.07, 6.45) is 6.57. The average Bonchev–Trinajstić information content (AvgIpc) is 3.30. The highest BCUT2D eigenvalue weighted by Crippen LogP contribution is 2.68. The van der Waals surface area contributed by atoms with Crippen LogP contribution in [0, 0.1) is 52.3 Å². The van der Waals surface area contributed by atoms with Gasteiger partial charge in [0.1, 0.15) is 24.1 Å². The van der Waals surface area contributed by atoms with Crippen molar-refractivity contribution in [3.8, 4) is 0 Å². The van der Waals surface area contributed by atoms with Gasteiger partial charge in [-0.15, -0.1) is 0 Å². The molecule has 1 aliphatic heterocycles. The fourth-order valence-electron chi connectivity index (χ4n) is 10.5. The molecule has 5 fully saturated rings. The van der Waals surface area contributed by atoms with Gasteiger partial charge in [0.15, 0.2) is 6.29 Å². The zero-order valence-electron chi connectivity index (χ0n) is 26.5. The lowest BCUT2D eigenvalue weighted by molar-refractivity contribution is -0.288. The van der Waals surface area contributed by atoms with Crippen molar-refractivity contribution in [2.24, 2.45) is 52.3 Å². The lowest BCUT2D eigenvalue weighted by atomic mass is 9.44. The molecule has 42 heavy (non-hydrogen) atoms. The number of carbonyl (C=O) groups is 2. The Balaban J connectivity index is 1.19. The number of hydrogen-bond donors (Lipinski definition) is 3. The Morgan fingerprint density at radius 3 is 2.45 bits per heavy atom. The van der Waals surface area contributed by atoms with E-state index >= 15 is 0 Å². The van der Waals surface area contributed by atoms with E-state index in [1.54, 1.807) is 0 Å². The summed E-state index contributed by atoms with van der Waals surface area (Å²) in [7, 11) is 0. The van der Waals surface area contributed by atoms with Crippen LogP contribution in [0.5, 0.6) is 0 Å². The van der Waals surface area contributed by atoms with Gasteiger partial charge >= 0.3 is 5.97 Å². The summed E-state index contributed by atoms with van der Waals surface area (Å²) in [6.45, 7) is 11.4. The summed E-state index contributed by atoms with van der Waals surface area (Å²) >= 11 is 0. The lowest BCUT2D eigenvalue weighted by Gasteiger charge is -2.60. The smallest absolute Gasteiger partial charge is 0.302 e. The molecule has 0 radical (unpaired) electrons. The molecule has 8 nitrogen and oxygen atoms in total. The molecule has 0 aromatic heterocycles. The number of ether oxygens (including phenoxy) is 3. The van der Waals surface area contributed by atoms with Crippen LogP contribution in [0.1, 0.15) is 105 Å². The summed E-state index contributed by atoms with van der Waals surface area (Å²) in [5.74, 6) is 3.54. The topological polar surface area (TPSA) is 123 Å². The largest absolute Gasteiger partial charge is 0.466 e. The Hall–Kier alpha value is -1.06. The van der Waals surface area contributed by atoms with E-state index in [2.05, 4.69) is 27.7 Å². The summed E-state index contributed by atoms with van der Waals surface area (Å²) in [5, 5.41) is 30.2. The van der Waals surface area contributed by atoms with Gasteiger partial charge in [-0.25, -0.2) is 0 Å². The van der Waals surface area contributed by atoms with Crippen molar-refractivity contribution >= 4 is 11.8 Å². The molecule has 14 atom stereocenters. The molecule has 1 heterocycles. The predicted octanol–water partition coefficient (Wildman–Crippen LogP) is 4.65. The van der Waals surface area contributed by atoms with Gasteiger partial charge < -0.3 is 29.5 Å². The first-order chi connectivity index (χ1) is 19.8. The fourth-order valence-corrected chi connectivity index (χ4v) is 10.5. The van der Waals surface area contributed by atoms with Crippen molar-refractivity contribution in [1.82, 2.24) is 0 Å². The predicted molar refractivity (Wildman–Crippen MR) is 157 cm³/mol. The summed E-state index contributed by atoms with van der Waals surface area (Å²) in [4.78, 5) is 25.0. The van der Waals surface area contributed by atoms with Gasteiger partial charge in [0.25, 0.3) is 0 Å². The van der Waals surface area contributed by atoms with Gasteiger partial charge in [0.05, 0.1) is 19.3 Å². The maximum atomic E-state index is 13.9. The van der Waals surface area contributed by atoms with Crippen LogP contribution in [0.25, 0.3) is 0 Å². The van der Waals surface area contributed by atoms with Crippen molar-refractivity contribution in [2.75, 3.05) is 13.2 Å². The molecule has 0 aromatic carbocycles. The van der Waals surface area contributed by atoms with Gasteiger partial charge in [-0.05, 0) is 97.7 Å². The highest BCUT2D eigenvalue weighted by molar-refractivity contribution is 5.83. The van der Waals surface area contributed by atoms with Crippen LogP contribution in [0.15, 0.2) is 0 Å². The molecule has 240 valence electrons. The van der Waals surface area contributed by atoms with E-state index in [0.717, 1.165) is 25.7 Å². The molecule has 1 saturated heterocycles. The van der Waals surface area contributed by atoms with Gasteiger partial charge in [-0.2, -0.15) is 0 Å².